The molecular formula is C24H24N2O3. The normalized spacial score (nSPS) is 21.1. The van der Waals surface area contributed by atoms with Crippen LogP contribution < -0.4 is 10.2 Å². The largest absolute Gasteiger partial charge is 0.322 e. The Balaban J connectivity index is 1.58. The van der Waals surface area contributed by atoms with Crippen LogP contribution in [0.5, 0.6) is 0 Å². The minimum absolute atomic E-state index is 0.167. The second kappa shape index (κ2) is 7.32. The number of allylic oxidation sites excluding steroid dienone is 2. The molecule has 2 aromatic rings. The number of amides is 3. The van der Waals surface area contributed by atoms with Crippen LogP contribution in [0.3, 0.4) is 0 Å². The lowest BCUT2D eigenvalue weighted by Gasteiger charge is -2.18. The molecule has 0 saturated carbocycles. The Morgan fingerprint density at radius 3 is 2.38 bits per heavy atom. The maximum atomic E-state index is 12.9. The molecule has 0 spiro atoms. The number of hydrogen-bond acceptors (Lipinski definition) is 3. The van der Waals surface area contributed by atoms with Gasteiger partial charge in [0.05, 0.1) is 17.5 Å². The SMILES string of the molecule is CC1=CCC2C(=O)N(c3cccc(C(=O)Nc4cc(C)cc(C)c4)c3)C(=O)C2C1. The fourth-order valence-corrected chi connectivity index (χ4v) is 4.33. The van der Waals surface area contributed by atoms with Crippen molar-refractivity contribution in [3.63, 3.8) is 0 Å². The van der Waals surface area contributed by atoms with E-state index in [1.54, 1.807) is 24.3 Å². The first-order chi connectivity index (χ1) is 13.8. The number of aryl methyl sites for hydroxylation is 2. The second-order valence-electron chi connectivity index (χ2n) is 8.10. The van der Waals surface area contributed by atoms with Crippen molar-refractivity contribution in [2.75, 3.05) is 10.2 Å². The predicted molar refractivity (Wildman–Crippen MR) is 113 cm³/mol. The van der Waals surface area contributed by atoms with E-state index in [4.69, 9.17) is 0 Å². The van der Waals surface area contributed by atoms with Crippen LogP contribution in [0.4, 0.5) is 11.4 Å². The van der Waals surface area contributed by atoms with Gasteiger partial charge in [0, 0.05) is 11.3 Å². The molecule has 2 aliphatic rings. The van der Waals surface area contributed by atoms with Gasteiger partial charge in [0.2, 0.25) is 11.8 Å². The Morgan fingerprint density at radius 2 is 1.66 bits per heavy atom. The topological polar surface area (TPSA) is 66.5 Å². The zero-order chi connectivity index (χ0) is 20.7. The average Bonchev–Trinajstić information content (AvgIpc) is 2.91. The number of nitrogens with zero attached hydrogens (tertiary/aromatic N) is 1. The number of nitrogens with one attached hydrogen (secondary N) is 1. The summed E-state index contributed by atoms with van der Waals surface area (Å²) in [5.41, 5.74) is 4.86. The minimum atomic E-state index is -0.293. The first-order valence-electron chi connectivity index (χ1n) is 9.86. The lowest BCUT2D eigenvalue weighted by molar-refractivity contribution is -0.122. The molecule has 2 aromatic carbocycles. The maximum absolute atomic E-state index is 12.9. The third kappa shape index (κ3) is 3.60. The Hall–Kier alpha value is -3.21. The zero-order valence-electron chi connectivity index (χ0n) is 16.9. The molecule has 2 unspecified atom stereocenters. The highest BCUT2D eigenvalue weighted by Crippen LogP contribution is 2.39. The molecule has 29 heavy (non-hydrogen) atoms. The van der Waals surface area contributed by atoms with E-state index < -0.39 is 0 Å². The van der Waals surface area contributed by atoms with Gasteiger partial charge in [-0.15, -0.1) is 0 Å². The lowest BCUT2D eigenvalue weighted by Crippen LogP contribution is -2.31. The van der Waals surface area contributed by atoms with E-state index in [0.29, 0.717) is 24.1 Å². The molecule has 148 valence electrons. The van der Waals surface area contributed by atoms with Crippen LogP contribution in [0.1, 0.15) is 41.3 Å². The quantitative estimate of drug-likeness (QED) is 0.626. The van der Waals surface area contributed by atoms with Gasteiger partial charge in [0.1, 0.15) is 0 Å². The van der Waals surface area contributed by atoms with Crippen LogP contribution in [-0.2, 0) is 9.59 Å². The van der Waals surface area contributed by atoms with Crippen molar-refractivity contribution in [3.8, 4) is 0 Å². The first-order valence-corrected chi connectivity index (χ1v) is 9.86. The Kier molecular flexibility index (Phi) is 4.82. The molecule has 0 radical (unpaired) electrons. The van der Waals surface area contributed by atoms with E-state index in [1.807, 2.05) is 45.0 Å². The van der Waals surface area contributed by atoms with Crippen molar-refractivity contribution in [1.29, 1.82) is 0 Å². The first kappa shape index (κ1) is 19.1. The minimum Gasteiger partial charge on any atom is -0.322 e. The van der Waals surface area contributed by atoms with E-state index in [1.165, 1.54) is 4.90 Å². The molecule has 1 heterocycles. The number of fused-ring (bicyclic) bond motifs is 1. The third-order valence-electron chi connectivity index (χ3n) is 5.67. The number of hydrogen-bond donors (Lipinski definition) is 1. The Morgan fingerprint density at radius 1 is 0.966 bits per heavy atom. The molecule has 4 rings (SSSR count). The number of imide groups is 1. The van der Waals surface area contributed by atoms with E-state index >= 15 is 0 Å². The molecule has 1 fully saturated rings. The highest BCUT2D eigenvalue weighted by Gasteiger charge is 2.48. The molecule has 0 aromatic heterocycles. The summed E-state index contributed by atoms with van der Waals surface area (Å²) in [6.45, 7) is 5.95. The molecule has 1 saturated heterocycles. The van der Waals surface area contributed by atoms with E-state index in [9.17, 15) is 14.4 Å². The summed E-state index contributed by atoms with van der Waals surface area (Å²) in [7, 11) is 0. The van der Waals surface area contributed by atoms with Gasteiger partial charge in [-0.2, -0.15) is 0 Å². The van der Waals surface area contributed by atoms with Crippen molar-refractivity contribution >= 4 is 29.1 Å². The molecule has 1 aliphatic carbocycles. The van der Waals surface area contributed by atoms with Crippen molar-refractivity contribution in [1.82, 2.24) is 0 Å². The number of benzene rings is 2. The number of carbonyl (C=O) groups excluding carboxylic acids is 3. The van der Waals surface area contributed by atoms with E-state index in [0.717, 1.165) is 22.4 Å². The fraction of sp³-hybridized carbons (Fsp3) is 0.292. The second-order valence-corrected chi connectivity index (χ2v) is 8.10. The molecule has 2 atom stereocenters. The monoisotopic (exact) mass is 388 g/mol. The summed E-state index contributed by atoms with van der Waals surface area (Å²) in [5, 5.41) is 2.90. The van der Waals surface area contributed by atoms with Crippen LogP contribution in [-0.4, -0.2) is 17.7 Å². The molecule has 0 bridgehead atoms. The fourth-order valence-electron chi connectivity index (χ4n) is 4.33. The van der Waals surface area contributed by atoms with Crippen molar-refractivity contribution in [2.45, 2.75) is 33.6 Å². The Labute approximate surface area is 170 Å². The van der Waals surface area contributed by atoms with E-state index in [-0.39, 0.29) is 29.6 Å². The van der Waals surface area contributed by atoms with Gasteiger partial charge < -0.3 is 5.32 Å². The molecular weight excluding hydrogens is 364 g/mol. The van der Waals surface area contributed by atoms with Crippen LogP contribution >= 0.6 is 0 Å². The number of carbonyl (C=O) groups is 3. The number of anilines is 2. The van der Waals surface area contributed by atoms with Gasteiger partial charge in [-0.25, -0.2) is 0 Å². The van der Waals surface area contributed by atoms with Crippen molar-refractivity contribution in [3.05, 3.63) is 70.8 Å². The molecule has 1 aliphatic heterocycles. The van der Waals surface area contributed by atoms with Gasteiger partial charge in [-0.05, 0) is 75.1 Å². The van der Waals surface area contributed by atoms with Crippen LogP contribution in [0.2, 0.25) is 0 Å². The predicted octanol–water partition coefficient (Wildman–Crippen LogP) is 4.40. The van der Waals surface area contributed by atoms with Crippen LogP contribution in [0, 0.1) is 25.7 Å². The van der Waals surface area contributed by atoms with E-state index in [2.05, 4.69) is 5.32 Å². The highest BCUT2D eigenvalue weighted by molar-refractivity contribution is 6.22. The summed E-state index contributed by atoms with van der Waals surface area (Å²) in [4.78, 5) is 39.8. The standard InChI is InChI=1S/C24H24N2O3/c1-14-7-8-20-21(12-14)24(29)26(23(20)28)19-6-4-5-17(13-19)22(27)25-18-10-15(2)9-16(3)11-18/h4-7,9-11,13,20-21H,8,12H2,1-3H3,(H,25,27). The summed E-state index contributed by atoms with van der Waals surface area (Å²) in [6.07, 6.45) is 3.27. The summed E-state index contributed by atoms with van der Waals surface area (Å²) in [5.74, 6) is -1.19. The molecule has 5 heteroatoms. The number of rotatable bonds is 3. The highest BCUT2D eigenvalue weighted by atomic mass is 16.2. The van der Waals surface area contributed by atoms with Gasteiger partial charge in [0.15, 0.2) is 0 Å². The average molecular weight is 388 g/mol. The van der Waals surface area contributed by atoms with Crippen molar-refractivity contribution in [2.24, 2.45) is 11.8 Å². The maximum Gasteiger partial charge on any atom is 0.255 e. The smallest absolute Gasteiger partial charge is 0.255 e. The van der Waals surface area contributed by atoms with Gasteiger partial charge in [-0.3, -0.25) is 19.3 Å². The van der Waals surface area contributed by atoms with Crippen LogP contribution in [0.25, 0.3) is 0 Å². The Bertz CT molecular complexity index is 1030. The molecule has 5 nitrogen and oxygen atoms in total. The van der Waals surface area contributed by atoms with Crippen LogP contribution in [0.15, 0.2) is 54.1 Å². The van der Waals surface area contributed by atoms with Gasteiger partial charge >= 0.3 is 0 Å². The molecule has 3 amide bonds. The lowest BCUT2D eigenvalue weighted by atomic mass is 9.82. The zero-order valence-corrected chi connectivity index (χ0v) is 16.9. The third-order valence-corrected chi connectivity index (χ3v) is 5.67. The summed E-state index contributed by atoms with van der Waals surface area (Å²) in [6, 6.07) is 12.6. The van der Waals surface area contributed by atoms with Gasteiger partial charge in [-0.1, -0.05) is 23.8 Å². The summed E-state index contributed by atoms with van der Waals surface area (Å²) < 4.78 is 0. The molecule has 1 N–H and O–H groups in total. The van der Waals surface area contributed by atoms with Gasteiger partial charge in [0.25, 0.3) is 5.91 Å². The summed E-state index contributed by atoms with van der Waals surface area (Å²) >= 11 is 0. The van der Waals surface area contributed by atoms with Crippen molar-refractivity contribution < 1.29 is 14.4 Å².